The van der Waals surface area contributed by atoms with Gasteiger partial charge in [0.05, 0.1) is 6.54 Å². The lowest BCUT2D eigenvalue weighted by Gasteiger charge is -2.23. The molecule has 2 rings (SSSR count). The first-order valence-corrected chi connectivity index (χ1v) is 8.13. The largest absolute Gasteiger partial charge is 0.370 e. The van der Waals surface area contributed by atoms with Gasteiger partial charge in [0.2, 0.25) is 0 Å². The third-order valence-electron chi connectivity index (χ3n) is 3.74. The molecule has 1 saturated carbocycles. The van der Waals surface area contributed by atoms with Crippen molar-refractivity contribution in [3.63, 3.8) is 0 Å². The fourth-order valence-electron chi connectivity index (χ4n) is 2.55. The second-order valence-electron chi connectivity index (χ2n) is 5.51. The van der Waals surface area contributed by atoms with Gasteiger partial charge < -0.3 is 16.4 Å². The number of halogens is 2. The van der Waals surface area contributed by atoms with Crippen molar-refractivity contribution in [3.8, 4) is 0 Å². The lowest BCUT2D eigenvalue weighted by Crippen LogP contribution is -2.41. The highest BCUT2D eigenvalue weighted by Crippen LogP contribution is 2.16. The van der Waals surface area contributed by atoms with Crippen LogP contribution in [0.25, 0.3) is 0 Å². The minimum atomic E-state index is -0.134. The highest BCUT2D eigenvalue weighted by atomic mass is 127. The number of hydrogen-bond donors (Lipinski definition) is 3. The molecule has 128 valence electrons. The van der Waals surface area contributed by atoms with E-state index in [1.807, 2.05) is 0 Å². The van der Waals surface area contributed by atoms with Crippen LogP contribution in [0.4, 0.5) is 0 Å². The first-order chi connectivity index (χ1) is 10.6. The van der Waals surface area contributed by atoms with Crippen LogP contribution in [0.2, 0.25) is 5.02 Å². The molecule has 7 heteroatoms. The molecule has 0 aromatic heterocycles. The fraction of sp³-hybridized carbons (Fsp3) is 0.500. The van der Waals surface area contributed by atoms with Crippen molar-refractivity contribution < 1.29 is 4.79 Å². The van der Waals surface area contributed by atoms with Crippen molar-refractivity contribution in [1.82, 2.24) is 10.6 Å². The Bertz CT molecular complexity index is 515. The highest BCUT2D eigenvalue weighted by molar-refractivity contribution is 14.0. The van der Waals surface area contributed by atoms with Gasteiger partial charge in [-0.1, -0.05) is 30.9 Å². The second kappa shape index (κ2) is 10.7. The number of nitrogens with zero attached hydrogens (tertiary/aromatic N) is 1. The van der Waals surface area contributed by atoms with Crippen LogP contribution in [-0.2, 0) is 0 Å². The maximum atomic E-state index is 11.9. The SMILES string of the molecule is I.NC(=NCCNC(=O)c1ccc(Cl)cc1)NC1CCCCC1. The van der Waals surface area contributed by atoms with Crippen LogP contribution in [-0.4, -0.2) is 31.0 Å². The topological polar surface area (TPSA) is 79.5 Å². The van der Waals surface area contributed by atoms with Crippen LogP contribution in [0.3, 0.4) is 0 Å². The molecular weight excluding hydrogens is 427 g/mol. The van der Waals surface area contributed by atoms with Gasteiger partial charge in [0, 0.05) is 23.2 Å². The van der Waals surface area contributed by atoms with E-state index in [9.17, 15) is 4.79 Å². The zero-order valence-electron chi connectivity index (χ0n) is 13.1. The Balaban J connectivity index is 0.00000264. The summed E-state index contributed by atoms with van der Waals surface area (Å²) in [6.45, 7) is 0.916. The van der Waals surface area contributed by atoms with E-state index in [-0.39, 0.29) is 29.9 Å². The number of benzene rings is 1. The molecule has 1 amide bonds. The number of guanidine groups is 1. The predicted molar refractivity (Wildman–Crippen MR) is 106 cm³/mol. The molecule has 1 aliphatic carbocycles. The van der Waals surface area contributed by atoms with Crippen molar-refractivity contribution in [2.75, 3.05) is 13.1 Å². The van der Waals surface area contributed by atoms with Crippen molar-refractivity contribution in [1.29, 1.82) is 0 Å². The molecule has 5 nitrogen and oxygen atoms in total. The Morgan fingerprint density at radius 2 is 1.87 bits per heavy atom. The molecule has 4 N–H and O–H groups in total. The van der Waals surface area contributed by atoms with Gasteiger partial charge in [0.15, 0.2) is 5.96 Å². The minimum Gasteiger partial charge on any atom is -0.370 e. The molecule has 0 heterocycles. The first-order valence-electron chi connectivity index (χ1n) is 7.75. The molecule has 23 heavy (non-hydrogen) atoms. The summed E-state index contributed by atoms with van der Waals surface area (Å²) in [5.41, 5.74) is 6.45. The minimum absolute atomic E-state index is 0. The Hall–Kier alpha value is -1.02. The zero-order valence-corrected chi connectivity index (χ0v) is 16.1. The number of nitrogens with two attached hydrogens (primary N) is 1. The van der Waals surface area contributed by atoms with E-state index in [0.29, 0.717) is 35.7 Å². The predicted octanol–water partition coefficient (Wildman–Crippen LogP) is 2.92. The maximum absolute atomic E-state index is 11.9. The molecule has 0 unspecified atom stereocenters. The maximum Gasteiger partial charge on any atom is 0.251 e. The summed E-state index contributed by atoms with van der Waals surface area (Å²) in [4.78, 5) is 16.1. The van der Waals surface area contributed by atoms with Gasteiger partial charge >= 0.3 is 0 Å². The summed E-state index contributed by atoms with van der Waals surface area (Å²) in [6, 6.07) is 7.22. The van der Waals surface area contributed by atoms with Gasteiger partial charge in [0.25, 0.3) is 5.91 Å². The normalized spacial score (nSPS) is 15.6. The number of carbonyl (C=O) groups excluding carboxylic acids is 1. The Kier molecular flexibility index (Phi) is 9.31. The lowest BCUT2D eigenvalue weighted by atomic mass is 9.96. The van der Waals surface area contributed by atoms with Crippen LogP contribution < -0.4 is 16.4 Å². The summed E-state index contributed by atoms with van der Waals surface area (Å²) in [5.74, 6) is 0.332. The van der Waals surface area contributed by atoms with Crippen LogP contribution in [0.5, 0.6) is 0 Å². The smallest absolute Gasteiger partial charge is 0.251 e. The van der Waals surface area contributed by atoms with E-state index >= 15 is 0 Å². The van der Waals surface area contributed by atoms with Gasteiger partial charge in [-0.05, 0) is 37.1 Å². The molecular formula is C16H24ClIN4O. The quantitative estimate of drug-likeness (QED) is 0.279. The van der Waals surface area contributed by atoms with E-state index in [2.05, 4.69) is 15.6 Å². The molecule has 1 aromatic rings. The van der Waals surface area contributed by atoms with Gasteiger partial charge in [-0.2, -0.15) is 0 Å². The summed E-state index contributed by atoms with van der Waals surface area (Å²) < 4.78 is 0. The molecule has 0 spiro atoms. The summed E-state index contributed by atoms with van der Waals surface area (Å²) in [7, 11) is 0. The monoisotopic (exact) mass is 450 g/mol. The third-order valence-corrected chi connectivity index (χ3v) is 4.00. The Morgan fingerprint density at radius 1 is 1.22 bits per heavy atom. The van der Waals surface area contributed by atoms with Crippen LogP contribution in [0.15, 0.2) is 29.3 Å². The van der Waals surface area contributed by atoms with Crippen molar-refractivity contribution >= 4 is 47.4 Å². The average molecular weight is 451 g/mol. The summed E-state index contributed by atoms with van der Waals surface area (Å²) in [6.07, 6.45) is 6.13. The number of carbonyl (C=O) groups is 1. The summed E-state index contributed by atoms with van der Waals surface area (Å²) in [5, 5.41) is 6.66. The van der Waals surface area contributed by atoms with Crippen LogP contribution in [0.1, 0.15) is 42.5 Å². The third kappa shape index (κ3) is 7.39. The summed E-state index contributed by atoms with van der Waals surface area (Å²) >= 11 is 5.79. The van der Waals surface area contributed by atoms with E-state index in [4.69, 9.17) is 17.3 Å². The molecule has 0 atom stereocenters. The van der Waals surface area contributed by atoms with Crippen molar-refractivity contribution in [3.05, 3.63) is 34.9 Å². The van der Waals surface area contributed by atoms with E-state index in [1.165, 1.54) is 19.3 Å². The second-order valence-corrected chi connectivity index (χ2v) is 5.95. The molecule has 0 bridgehead atoms. The Morgan fingerprint density at radius 3 is 2.52 bits per heavy atom. The van der Waals surface area contributed by atoms with Gasteiger partial charge in [-0.15, -0.1) is 24.0 Å². The van der Waals surface area contributed by atoms with Gasteiger partial charge in [-0.25, -0.2) is 0 Å². The average Bonchev–Trinajstić information content (AvgIpc) is 2.53. The first kappa shape index (κ1) is 20.0. The molecule has 1 aromatic carbocycles. The number of aliphatic imine (C=N–C) groups is 1. The van der Waals surface area contributed by atoms with Crippen LogP contribution >= 0.6 is 35.6 Å². The van der Waals surface area contributed by atoms with Crippen molar-refractivity contribution in [2.24, 2.45) is 10.7 Å². The lowest BCUT2D eigenvalue weighted by molar-refractivity contribution is 0.0955. The molecule has 0 radical (unpaired) electrons. The molecule has 0 aliphatic heterocycles. The number of nitrogens with one attached hydrogen (secondary N) is 2. The zero-order chi connectivity index (χ0) is 15.8. The molecule has 1 aliphatic rings. The number of rotatable bonds is 5. The number of hydrogen-bond acceptors (Lipinski definition) is 2. The van der Waals surface area contributed by atoms with E-state index < -0.39 is 0 Å². The number of amides is 1. The van der Waals surface area contributed by atoms with Crippen molar-refractivity contribution in [2.45, 2.75) is 38.1 Å². The highest BCUT2D eigenvalue weighted by Gasteiger charge is 2.13. The standard InChI is InChI=1S/C16H23ClN4O.HI/c17-13-8-6-12(7-9-13)15(22)19-10-11-20-16(18)21-14-4-2-1-3-5-14;/h6-9,14H,1-5,10-11H2,(H,19,22)(H3,18,20,21);1H. The fourth-order valence-corrected chi connectivity index (χ4v) is 2.68. The molecule has 0 saturated heterocycles. The van der Waals surface area contributed by atoms with E-state index in [1.54, 1.807) is 24.3 Å². The molecule has 1 fully saturated rings. The Labute approximate surface area is 159 Å². The van der Waals surface area contributed by atoms with Gasteiger partial charge in [-0.3, -0.25) is 9.79 Å². The van der Waals surface area contributed by atoms with Crippen LogP contribution in [0, 0.1) is 0 Å². The van der Waals surface area contributed by atoms with Gasteiger partial charge in [0.1, 0.15) is 0 Å². The van der Waals surface area contributed by atoms with E-state index in [0.717, 1.165) is 12.8 Å².